The lowest BCUT2D eigenvalue weighted by Crippen LogP contribution is -1.98. The van der Waals surface area contributed by atoms with Gasteiger partial charge in [-0.15, -0.1) is 10.2 Å². The molecule has 92 valence electrons. The molecule has 0 aliphatic rings. The van der Waals surface area contributed by atoms with Crippen LogP contribution in [-0.2, 0) is 0 Å². The van der Waals surface area contributed by atoms with E-state index < -0.39 is 0 Å². The molecule has 0 bridgehead atoms. The van der Waals surface area contributed by atoms with E-state index in [-0.39, 0.29) is 0 Å². The molecule has 0 aliphatic carbocycles. The van der Waals surface area contributed by atoms with E-state index >= 15 is 0 Å². The van der Waals surface area contributed by atoms with Gasteiger partial charge in [0, 0.05) is 11.6 Å². The Morgan fingerprint density at radius 2 is 2.11 bits per heavy atom. The summed E-state index contributed by atoms with van der Waals surface area (Å²) >= 11 is 5.89. The molecule has 0 atom stereocenters. The van der Waals surface area contributed by atoms with Crippen molar-refractivity contribution < 1.29 is 0 Å². The van der Waals surface area contributed by atoms with Gasteiger partial charge in [0.1, 0.15) is 11.0 Å². The van der Waals surface area contributed by atoms with Gasteiger partial charge in [0.05, 0.1) is 11.6 Å². The Morgan fingerprint density at radius 3 is 2.89 bits per heavy atom. The van der Waals surface area contributed by atoms with Gasteiger partial charge in [0.15, 0.2) is 11.5 Å². The summed E-state index contributed by atoms with van der Waals surface area (Å²) in [5.74, 6) is 1.35. The Balaban J connectivity index is 2.29. The number of rotatable bonds is 1. The van der Waals surface area contributed by atoms with Crippen molar-refractivity contribution in [3.8, 4) is 17.5 Å². The van der Waals surface area contributed by atoms with Gasteiger partial charge >= 0.3 is 0 Å². The highest BCUT2D eigenvalue weighted by molar-refractivity contribution is 6.29. The van der Waals surface area contributed by atoms with E-state index in [1.165, 1.54) is 0 Å². The standard InChI is InChI=1S/C13H8ClN5/c1-8-16-11(14)6-12-17-18-13(19(8)12)10-4-2-3-9(5-10)7-15/h2-6H,1H3. The maximum absolute atomic E-state index is 8.94. The molecule has 0 saturated heterocycles. The van der Waals surface area contributed by atoms with E-state index in [2.05, 4.69) is 21.3 Å². The summed E-state index contributed by atoms with van der Waals surface area (Å²) in [6, 6.07) is 11.0. The van der Waals surface area contributed by atoms with Gasteiger partial charge in [-0.3, -0.25) is 4.40 Å². The van der Waals surface area contributed by atoms with Gasteiger partial charge in [0.2, 0.25) is 0 Å². The van der Waals surface area contributed by atoms with Crippen molar-refractivity contribution in [2.45, 2.75) is 6.92 Å². The Kier molecular flexibility index (Phi) is 2.65. The number of benzene rings is 1. The molecule has 0 saturated carbocycles. The second-order valence-electron chi connectivity index (χ2n) is 4.04. The number of aromatic nitrogens is 4. The zero-order chi connectivity index (χ0) is 13.4. The number of fused-ring (bicyclic) bond motifs is 1. The number of halogens is 1. The second kappa shape index (κ2) is 4.34. The van der Waals surface area contributed by atoms with E-state index in [0.717, 1.165) is 5.56 Å². The predicted octanol–water partition coefficient (Wildman–Crippen LogP) is 2.62. The fourth-order valence-corrected chi connectivity index (χ4v) is 2.19. The van der Waals surface area contributed by atoms with Gasteiger partial charge in [-0.2, -0.15) is 5.26 Å². The molecule has 0 fully saturated rings. The predicted molar refractivity (Wildman–Crippen MR) is 70.7 cm³/mol. The van der Waals surface area contributed by atoms with Crippen LogP contribution in [0.4, 0.5) is 0 Å². The second-order valence-corrected chi connectivity index (χ2v) is 4.42. The molecule has 2 heterocycles. The third kappa shape index (κ3) is 1.92. The first-order valence-electron chi connectivity index (χ1n) is 5.58. The molecule has 0 N–H and O–H groups in total. The zero-order valence-electron chi connectivity index (χ0n) is 10.0. The summed E-state index contributed by atoms with van der Waals surface area (Å²) in [5.41, 5.74) is 2.03. The van der Waals surface area contributed by atoms with Crippen molar-refractivity contribution >= 4 is 17.2 Å². The molecule has 0 amide bonds. The lowest BCUT2D eigenvalue weighted by atomic mass is 10.1. The highest BCUT2D eigenvalue weighted by Gasteiger charge is 2.12. The van der Waals surface area contributed by atoms with Crippen molar-refractivity contribution in [1.29, 1.82) is 5.26 Å². The number of hydrogen-bond acceptors (Lipinski definition) is 4. The molecule has 0 radical (unpaired) electrons. The van der Waals surface area contributed by atoms with Crippen molar-refractivity contribution in [2.24, 2.45) is 0 Å². The first-order valence-corrected chi connectivity index (χ1v) is 5.95. The van der Waals surface area contributed by atoms with Crippen LogP contribution < -0.4 is 0 Å². The van der Waals surface area contributed by atoms with Crippen LogP contribution in [0.1, 0.15) is 11.4 Å². The van der Waals surface area contributed by atoms with Gasteiger partial charge in [-0.1, -0.05) is 23.7 Å². The average Bonchev–Trinajstić information content (AvgIpc) is 2.82. The molecule has 1 aromatic carbocycles. The van der Waals surface area contributed by atoms with E-state index in [0.29, 0.717) is 28.0 Å². The summed E-state index contributed by atoms with van der Waals surface area (Å²) in [6.45, 7) is 1.83. The molecule has 5 nitrogen and oxygen atoms in total. The van der Waals surface area contributed by atoms with E-state index in [4.69, 9.17) is 16.9 Å². The van der Waals surface area contributed by atoms with Crippen molar-refractivity contribution in [3.05, 3.63) is 46.9 Å². The van der Waals surface area contributed by atoms with Crippen LogP contribution in [0.25, 0.3) is 17.0 Å². The summed E-state index contributed by atoms with van der Waals surface area (Å²) in [5, 5.41) is 17.6. The topological polar surface area (TPSA) is 66.9 Å². The summed E-state index contributed by atoms with van der Waals surface area (Å²) in [6.07, 6.45) is 0. The molecule has 2 aromatic heterocycles. The minimum atomic E-state index is 0.384. The van der Waals surface area contributed by atoms with Crippen LogP contribution in [0.5, 0.6) is 0 Å². The number of aryl methyl sites for hydroxylation is 1. The summed E-state index contributed by atoms with van der Waals surface area (Å²) < 4.78 is 1.81. The van der Waals surface area contributed by atoms with Crippen molar-refractivity contribution in [1.82, 2.24) is 19.6 Å². The van der Waals surface area contributed by atoms with Gasteiger partial charge in [-0.25, -0.2) is 4.98 Å². The van der Waals surface area contributed by atoms with Crippen LogP contribution in [0.15, 0.2) is 30.3 Å². The first kappa shape index (κ1) is 11.6. The van der Waals surface area contributed by atoms with Crippen LogP contribution in [0.3, 0.4) is 0 Å². The molecule has 19 heavy (non-hydrogen) atoms. The SMILES string of the molecule is Cc1nc(Cl)cc2nnc(-c3cccc(C#N)c3)n12. The normalized spacial score (nSPS) is 10.6. The number of hydrogen-bond donors (Lipinski definition) is 0. The smallest absolute Gasteiger partial charge is 0.169 e. The van der Waals surface area contributed by atoms with Crippen molar-refractivity contribution in [2.75, 3.05) is 0 Å². The molecule has 6 heteroatoms. The van der Waals surface area contributed by atoms with Crippen LogP contribution >= 0.6 is 11.6 Å². The van der Waals surface area contributed by atoms with E-state index in [1.54, 1.807) is 18.2 Å². The van der Waals surface area contributed by atoms with Crippen LogP contribution in [0, 0.1) is 18.3 Å². The minimum absolute atomic E-state index is 0.384. The third-order valence-corrected chi connectivity index (χ3v) is 2.97. The maximum atomic E-state index is 8.94. The lowest BCUT2D eigenvalue weighted by molar-refractivity contribution is 0.988. The molecule has 3 rings (SSSR count). The van der Waals surface area contributed by atoms with Gasteiger partial charge < -0.3 is 0 Å². The highest BCUT2D eigenvalue weighted by atomic mass is 35.5. The highest BCUT2D eigenvalue weighted by Crippen LogP contribution is 2.21. The fraction of sp³-hybridized carbons (Fsp3) is 0.0769. The van der Waals surface area contributed by atoms with E-state index in [9.17, 15) is 0 Å². The average molecular weight is 270 g/mol. The Hall–Kier alpha value is -2.45. The zero-order valence-corrected chi connectivity index (χ0v) is 10.8. The summed E-state index contributed by atoms with van der Waals surface area (Å²) in [4.78, 5) is 4.19. The molecular weight excluding hydrogens is 262 g/mol. The van der Waals surface area contributed by atoms with Gasteiger partial charge in [-0.05, 0) is 19.1 Å². The third-order valence-electron chi connectivity index (χ3n) is 2.78. The summed E-state index contributed by atoms with van der Waals surface area (Å²) in [7, 11) is 0. The maximum Gasteiger partial charge on any atom is 0.169 e. The molecule has 3 aromatic rings. The minimum Gasteiger partial charge on any atom is -0.263 e. The quantitative estimate of drug-likeness (QED) is 0.637. The van der Waals surface area contributed by atoms with Crippen molar-refractivity contribution in [3.63, 3.8) is 0 Å². The van der Waals surface area contributed by atoms with Crippen LogP contribution in [-0.4, -0.2) is 19.6 Å². The Labute approximate surface area is 114 Å². The fourth-order valence-electron chi connectivity index (χ4n) is 1.97. The molecule has 0 spiro atoms. The number of nitrogens with zero attached hydrogens (tertiary/aromatic N) is 5. The largest absolute Gasteiger partial charge is 0.263 e. The van der Waals surface area contributed by atoms with E-state index in [1.807, 2.05) is 23.5 Å². The Bertz CT molecular complexity index is 816. The molecule has 0 unspecified atom stereocenters. The number of nitriles is 1. The lowest BCUT2D eigenvalue weighted by Gasteiger charge is -2.03. The monoisotopic (exact) mass is 269 g/mol. The molecule has 0 aliphatic heterocycles. The first-order chi connectivity index (χ1) is 9.19. The molecular formula is C13H8ClN5. The van der Waals surface area contributed by atoms with Crippen LogP contribution in [0.2, 0.25) is 5.15 Å². The van der Waals surface area contributed by atoms with Gasteiger partial charge in [0.25, 0.3) is 0 Å². The Morgan fingerprint density at radius 1 is 1.26 bits per heavy atom.